The van der Waals surface area contributed by atoms with Gasteiger partial charge < -0.3 is 20.4 Å². The van der Waals surface area contributed by atoms with Gasteiger partial charge in [-0.25, -0.2) is 0 Å². The minimum atomic E-state index is -1.60. The Bertz CT molecular complexity index is 101. The van der Waals surface area contributed by atoms with Crippen LogP contribution in [0.25, 0.3) is 0 Å². The van der Waals surface area contributed by atoms with Crippen LogP contribution in [0.3, 0.4) is 0 Å². The Morgan fingerprint density at radius 3 is 1.60 bits per heavy atom. The third-order valence-electron chi connectivity index (χ3n) is 1.00. The van der Waals surface area contributed by atoms with Gasteiger partial charge in [0.25, 0.3) is 0 Å². The number of hydrogen-bond acceptors (Lipinski definition) is 5. The van der Waals surface area contributed by atoms with Gasteiger partial charge in [-0.1, -0.05) is 0 Å². The molecule has 0 radical (unpaired) electrons. The molecule has 0 aromatic carbocycles. The summed E-state index contributed by atoms with van der Waals surface area (Å²) in [5.74, 6) is -0.968. The number of carbonyl (C=O) groups excluding carboxylic acids is 1. The summed E-state index contributed by atoms with van der Waals surface area (Å²) in [5, 5.41) is 33.5. The zero-order valence-electron chi connectivity index (χ0n) is 5.27. The van der Waals surface area contributed by atoms with E-state index in [2.05, 4.69) is 0 Å². The Morgan fingerprint density at radius 2 is 1.40 bits per heavy atom. The summed E-state index contributed by atoms with van der Waals surface area (Å²) in [7, 11) is 0. The van der Waals surface area contributed by atoms with E-state index < -0.39 is 31.2 Å². The standard InChI is InChI=1S/C5H10O5/c6-1-3(8)5(10)4(9)2-7/h3-4,6-9H,1-2H2/t3-,4+/i1+1/m0/s1. The maximum absolute atomic E-state index is 10.5. The lowest BCUT2D eigenvalue weighted by atomic mass is 10.2. The molecule has 0 unspecified atom stereocenters. The summed E-state index contributed by atoms with van der Waals surface area (Å²) in [6.07, 6.45) is -3.19. The number of hydrogen-bond donors (Lipinski definition) is 4. The van der Waals surface area contributed by atoms with Gasteiger partial charge in [-0.15, -0.1) is 0 Å². The number of rotatable bonds is 4. The molecule has 0 aromatic rings. The van der Waals surface area contributed by atoms with Gasteiger partial charge in [0.2, 0.25) is 0 Å². The molecule has 0 saturated carbocycles. The van der Waals surface area contributed by atoms with Gasteiger partial charge in [-0.2, -0.15) is 0 Å². The van der Waals surface area contributed by atoms with Crippen LogP contribution >= 0.6 is 0 Å². The third-order valence-corrected chi connectivity index (χ3v) is 1.00. The largest absolute Gasteiger partial charge is 0.393 e. The van der Waals surface area contributed by atoms with E-state index >= 15 is 0 Å². The second-order valence-corrected chi connectivity index (χ2v) is 1.80. The lowest BCUT2D eigenvalue weighted by Gasteiger charge is -2.08. The zero-order valence-corrected chi connectivity index (χ0v) is 5.27. The van der Waals surface area contributed by atoms with Gasteiger partial charge in [0.05, 0.1) is 13.2 Å². The van der Waals surface area contributed by atoms with Gasteiger partial charge in [0, 0.05) is 0 Å². The van der Waals surface area contributed by atoms with Crippen LogP contribution in [0.4, 0.5) is 0 Å². The molecule has 0 aliphatic heterocycles. The topological polar surface area (TPSA) is 98.0 Å². The SMILES string of the molecule is O=C([C@H](O)CO)[C@@H](O)[13CH2]O. The second kappa shape index (κ2) is 4.35. The van der Waals surface area contributed by atoms with Crippen LogP contribution in [0.1, 0.15) is 0 Å². The monoisotopic (exact) mass is 151 g/mol. The van der Waals surface area contributed by atoms with Crippen molar-refractivity contribution in [3.8, 4) is 0 Å². The molecule has 0 amide bonds. The first kappa shape index (κ1) is 9.51. The molecule has 0 fully saturated rings. The van der Waals surface area contributed by atoms with Crippen LogP contribution in [-0.2, 0) is 4.79 Å². The van der Waals surface area contributed by atoms with Gasteiger partial charge in [-0.3, -0.25) is 4.79 Å². The normalized spacial score (nSPS) is 16.4. The maximum atomic E-state index is 10.5. The molecule has 0 aliphatic rings. The molecule has 0 bridgehead atoms. The molecule has 5 nitrogen and oxygen atoms in total. The van der Waals surface area contributed by atoms with Gasteiger partial charge in [-0.05, 0) is 0 Å². The Kier molecular flexibility index (Phi) is 4.13. The van der Waals surface area contributed by atoms with Gasteiger partial charge in [0.1, 0.15) is 12.2 Å². The highest BCUT2D eigenvalue weighted by Crippen LogP contribution is 1.90. The summed E-state index contributed by atoms with van der Waals surface area (Å²) in [6, 6.07) is 0. The minimum Gasteiger partial charge on any atom is -0.393 e. The fraction of sp³-hybridized carbons (Fsp3) is 0.800. The maximum Gasteiger partial charge on any atom is 0.194 e. The highest BCUT2D eigenvalue weighted by atomic mass is 16.4. The number of ketones is 1. The van der Waals surface area contributed by atoms with Crippen LogP contribution in [0.5, 0.6) is 0 Å². The third kappa shape index (κ3) is 2.40. The zero-order chi connectivity index (χ0) is 8.15. The molecule has 10 heavy (non-hydrogen) atoms. The molecular formula is C5H10O5. The first-order chi connectivity index (χ1) is 4.63. The van der Waals surface area contributed by atoms with Crippen molar-refractivity contribution < 1.29 is 25.2 Å². The Hall–Kier alpha value is -0.490. The van der Waals surface area contributed by atoms with E-state index in [1.54, 1.807) is 0 Å². The van der Waals surface area contributed by atoms with E-state index in [1.165, 1.54) is 0 Å². The molecule has 0 rings (SSSR count). The van der Waals surface area contributed by atoms with Crippen molar-refractivity contribution in [3.05, 3.63) is 0 Å². The lowest BCUT2D eigenvalue weighted by molar-refractivity contribution is -0.139. The average molecular weight is 151 g/mol. The van der Waals surface area contributed by atoms with Gasteiger partial charge in [0.15, 0.2) is 5.78 Å². The van der Waals surface area contributed by atoms with Crippen molar-refractivity contribution in [2.24, 2.45) is 0 Å². The summed E-state index contributed by atoms with van der Waals surface area (Å²) >= 11 is 0. The van der Waals surface area contributed by atoms with Crippen LogP contribution in [0.2, 0.25) is 0 Å². The van der Waals surface area contributed by atoms with E-state index in [0.29, 0.717) is 0 Å². The molecule has 0 spiro atoms. The predicted octanol–water partition coefficient (Wildman–Crippen LogP) is -2.74. The Balaban J connectivity index is 3.82. The highest BCUT2D eigenvalue weighted by Gasteiger charge is 2.21. The van der Waals surface area contributed by atoms with Crippen molar-refractivity contribution in [2.45, 2.75) is 12.2 Å². The fourth-order valence-electron chi connectivity index (χ4n) is 0.402. The Labute approximate surface area is 57.5 Å². The van der Waals surface area contributed by atoms with Crippen LogP contribution in [-0.4, -0.2) is 51.6 Å². The number of aliphatic hydroxyl groups is 4. The molecule has 0 heterocycles. The first-order valence-electron chi connectivity index (χ1n) is 2.75. The number of Topliss-reactive ketones (excluding diaryl/α,β-unsaturated/α-hetero) is 1. The molecule has 4 N–H and O–H groups in total. The van der Waals surface area contributed by atoms with Crippen molar-refractivity contribution >= 4 is 5.78 Å². The summed E-state index contributed by atoms with van der Waals surface area (Å²) < 4.78 is 0. The quantitative estimate of drug-likeness (QED) is 0.327. The van der Waals surface area contributed by atoms with Crippen molar-refractivity contribution in [1.82, 2.24) is 0 Å². The van der Waals surface area contributed by atoms with E-state index in [4.69, 9.17) is 20.4 Å². The van der Waals surface area contributed by atoms with E-state index in [-0.39, 0.29) is 0 Å². The average Bonchev–Trinajstić information content (AvgIpc) is 2.00. The second-order valence-electron chi connectivity index (χ2n) is 1.80. The Morgan fingerprint density at radius 1 is 1.10 bits per heavy atom. The van der Waals surface area contributed by atoms with Gasteiger partial charge >= 0.3 is 0 Å². The van der Waals surface area contributed by atoms with Crippen LogP contribution < -0.4 is 0 Å². The lowest BCUT2D eigenvalue weighted by Crippen LogP contribution is -2.36. The molecule has 2 atom stereocenters. The first-order valence-corrected chi connectivity index (χ1v) is 2.75. The molecule has 0 aliphatic carbocycles. The van der Waals surface area contributed by atoms with E-state index in [9.17, 15) is 4.79 Å². The molecule has 0 saturated heterocycles. The molecule has 60 valence electrons. The summed E-state index contributed by atoms with van der Waals surface area (Å²) in [4.78, 5) is 10.5. The predicted molar refractivity (Wildman–Crippen MR) is 31.2 cm³/mol. The van der Waals surface area contributed by atoms with E-state index in [0.717, 1.165) is 0 Å². The van der Waals surface area contributed by atoms with Crippen molar-refractivity contribution in [3.63, 3.8) is 0 Å². The summed E-state index contributed by atoms with van der Waals surface area (Å²) in [5.41, 5.74) is 0. The van der Waals surface area contributed by atoms with Crippen LogP contribution in [0.15, 0.2) is 0 Å². The fourth-order valence-corrected chi connectivity index (χ4v) is 0.402. The summed E-state index contributed by atoms with van der Waals surface area (Å²) in [6.45, 7) is -1.48. The van der Waals surface area contributed by atoms with Crippen LogP contribution in [0, 0.1) is 0 Å². The highest BCUT2D eigenvalue weighted by molar-refractivity contribution is 5.87. The molecular weight excluding hydrogens is 141 g/mol. The minimum absolute atomic E-state index is 0.740. The number of carbonyl (C=O) groups is 1. The molecule has 0 aromatic heterocycles. The molecule has 5 heteroatoms. The van der Waals surface area contributed by atoms with E-state index in [1.807, 2.05) is 0 Å². The van der Waals surface area contributed by atoms with Crippen molar-refractivity contribution in [1.29, 1.82) is 0 Å². The van der Waals surface area contributed by atoms with Crippen molar-refractivity contribution in [2.75, 3.05) is 13.2 Å². The number of aliphatic hydroxyl groups excluding tert-OH is 4. The smallest absolute Gasteiger partial charge is 0.194 e.